The summed E-state index contributed by atoms with van der Waals surface area (Å²) in [4.78, 5) is 37.6. The fraction of sp³-hybridized carbons (Fsp3) is 0.519. The van der Waals surface area contributed by atoms with E-state index in [4.69, 9.17) is 14.6 Å². The van der Waals surface area contributed by atoms with E-state index in [9.17, 15) is 14.4 Å². The van der Waals surface area contributed by atoms with Gasteiger partial charge in [-0.2, -0.15) is 0 Å². The second-order valence-electron chi connectivity index (χ2n) is 8.40. The van der Waals surface area contributed by atoms with Crippen LogP contribution in [0.2, 0.25) is 0 Å². The van der Waals surface area contributed by atoms with Crippen LogP contribution in [0.25, 0.3) is 0 Å². The summed E-state index contributed by atoms with van der Waals surface area (Å²) in [7, 11) is 0. The van der Waals surface area contributed by atoms with Gasteiger partial charge in [0.1, 0.15) is 6.61 Å². The Morgan fingerprint density at radius 3 is 2.49 bits per heavy atom. The van der Waals surface area contributed by atoms with Gasteiger partial charge in [0.15, 0.2) is 0 Å². The first-order chi connectivity index (χ1) is 16.9. The number of ether oxygens (including phenoxy) is 2. The first kappa shape index (κ1) is 30.1. The lowest BCUT2D eigenvalue weighted by Crippen LogP contribution is -2.42. The molecular weight excluding hydrogens is 448 g/mol. The zero-order valence-corrected chi connectivity index (χ0v) is 20.7. The number of aliphatic hydroxyl groups excluding tert-OH is 1. The van der Waals surface area contributed by atoms with Crippen molar-refractivity contribution in [3.63, 3.8) is 0 Å². The minimum atomic E-state index is -0.581. The highest BCUT2D eigenvalue weighted by Crippen LogP contribution is 2.17. The zero-order chi connectivity index (χ0) is 25.9. The number of carbonyl (C=O) groups excluding carboxylic acids is 3. The third kappa shape index (κ3) is 13.5. The van der Waals surface area contributed by atoms with Gasteiger partial charge in [-0.3, -0.25) is 14.4 Å². The van der Waals surface area contributed by atoms with Crippen molar-refractivity contribution in [3.8, 4) is 0 Å². The minimum Gasteiger partial charge on any atom is -0.463 e. The van der Waals surface area contributed by atoms with Gasteiger partial charge in [-0.25, -0.2) is 0 Å². The summed E-state index contributed by atoms with van der Waals surface area (Å²) >= 11 is 0. The highest BCUT2D eigenvalue weighted by Gasteiger charge is 2.24. The standard InChI is InChI=1S/C27H40N2O6/c1-4-6-13-24(18-22-11-8-7-9-12-22)27(33)35-20-21(3)29-26(32)23(10-5-2)19-25(31)28-14-16-34-17-15-30/h4-5,7-9,11-12,21,23-24,30H,1-2,6,10,13-20H2,3H3,(H,28,31)(H,29,32)/t21-,23-,24+/m0/s1. The van der Waals surface area contributed by atoms with Crippen LogP contribution in [-0.2, 0) is 30.3 Å². The lowest BCUT2D eigenvalue weighted by atomic mass is 9.95. The van der Waals surface area contributed by atoms with Gasteiger partial charge in [-0.1, -0.05) is 42.5 Å². The Kier molecular flexibility index (Phi) is 15.8. The number of carbonyl (C=O) groups is 3. The Morgan fingerprint density at radius 1 is 1.09 bits per heavy atom. The van der Waals surface area contributed by atoms with E-state index >= 15 is 0 Å². The molecule has 194 valence electrons. The predicted octanol–water partition coefficient (Wildman–Crippen LogP) is 2.57. The second kappa shape index (κ2) is 18.4. The number of hydrogen-bond acceptors (Lipinski definition) is 6. The topological polar surface area (TPSA) is 114 Å². The molecule has 0 radical (unpaired) electrons. The highest BCUT2D eigenvalue weighted by atomic mass is 16.5. The number of nitrogens with one attached hydrogen (secondary N) is 2. The van der Waals surface area contributed by atoms with E-state index in [1.807, 2.05) is 30.3 Å². The minimum absolute atomic E-state index is 0.00502. The van der Waals surface area contributed by atoms with Gasteiger partial charge in [0, 0.05) is 13.0 Å². The Hall–Kier alpha value is -2.97. The SMILES string of the molecule is C=CCC[C@H](Cc1ccccc1)C(=O)OC[C@H](C)NC(=O)[C@@H](CC=C)CC(=O)NCCOCCO. The number of benzene rings is 1. The molecule has 35 heavy (non-hydrogen) atoms. The molecule has 8 heteroatoms. The van der Waals surface area contributed by atoms with Crippen molar-refractivity contribution < 1.29 is 29.0 Å². The van der Waals surface area contributed by atoms with Crippen molar-refractivity contribution in [2.75, 3.05) is 33.0 Å². The van der Waals surface area contributed by atoms with Gasteiger partial charge in [-0.05, 0) is 38.2 Å². The fourth-order valence-electron chi connectivity index (χ4n) is 3.46. The van der Waals surface area contributed by atoms with Gasteiger partial charge in [0.2, 0.25) is 11.8 Å². The maximum absolute atomic E-state index is 12.7. The van der Waals surface area contributed by atoms with Gasteiger partial charge in [0.05, 0.1) is 37.7 Å². The molecule has 8 nitrogen and oxygen atoms in total. The van der Waals surface area contributed by atoms with E-state index < -0.39 is 12.0 Å². The van der Waals surface area contributed by atoms with Crippen molar-refractivity contribution in [1.82, 2.24) is 10.6 Å². The number of hydrogen-bond donors (Lipinski definition) is 3. The lowest BCUT2D eigenvalue weighted by molar-refractivity contribution is -0.150. The number of allylic oxidation sites excluding steroid dienone is 2. The van der Waals surface area contributed by atoms with Crippen LogP contribution in [0, 0.1) is 11.8 Å². The van der Waals surface area contributed by atoms with Gasteiger partial charge >= 0.3 is 5.97 Å². The smallest absolute Gasteiger partial charge is 0.309 e. The summed E-state index contributed by atoms with van der Waals surface area (Å²) in [5.74, 6) is -1.75. The van der Waals surface area contributed by atoms with Crippen molar-refractivity contribution in [2.45, 2.75) is 45.1 Å². The molecule has 3 atom stereocenters. The van der Waals surface area contributed by atoms with Gasteiger partial charge in [0.25, 0.3) is 0 Å². The zero-order valence-electron chi connectivity index (χ0n) is 20.7. The molecule has 2 amide bonds. The lowest BCUT2D eigenvalue weighted by Gasteiger charge is -2.21. The Labute approximate surface area is 208 Å². The summed E-state index contributed by atoms with van der Waals surface area (Å²) < 4.78 is 10.6. The van der Waals surface area contributed by atoms with Crippen LogP contribution in [0.1, 0.15) is 38.2 Å². The largest absolute Gasteiger partial charge is 0.463 e. The highest BCUT2D eigenvalue weighted by molar-refractivity contribution is 5.86. The molecular formula is C27H40N2O6. The molecule has 1 rings (SSSR count). The second-order valence-corrected chi connectivity index (χ2v) is 8.40. The molecule has 0 heterocycles. The van der Waals surface area contributed by atoms with E-state index in [2.05, 4.69) is 23.8 Å². The monoisotopic (exact) mass is 488 g/mol. The maximum atomic E-state index is 12.7. The van der Waals surface area contributed by atoms with Crippen molar-refractivity contribution in [2.24, 2.45) is 11.8 Å². The maximum Gasteiger partial charge on any atom is 0.309 e. The van der Waals surface area contributed by atoms with Crippen LogP contribution in [-0.4, -0.2) is 61.9 Å². The average Bonchev–Trinajstić information content (AvgIpc) is 2.85. The average molecular weight is 489 g/mol. The molecule has 0 spiro atoms. The van der Waals surface area contributed by atoms with Crippen LogP contribution in [0.4, 0.5) is 0 Å². The summed E-state index contributed by atoms with van der Waals surface area (Å²) in [5, 5.41) is 14.2. The van der Waals surface area contributed by atoms with E-state index in [0.717, 1.165) is 5.56 Å². The molecule has 1 aromatic rings. The van der Waals surface area contributed by atoms with Crippen molar-refractivity contribution in [3.05, 3.63) is 61.2 Å². The first-order valence-electron chi connectivity index (χ1n) is 12.1. The van der Waals surface area contributed by atoms with Crippen molar-refractivity contribution in [1.29, 1.82) is 0 Å². The first-order valence-corrected chi connectivity index (χ1v) is 12.1. The van der Waals surface area contributed by atoms with E-state index in [1.54, 1.807) is 19.1 Å². The summed E-state index contributed by atoms with van der Waals surface area (Å²) in [6, 6.07) is 9.36. The molecule has 0 unspecified atom stereocenters. The molecule has 0 aliphatic rings. The quantitative estimate of drug-likeness (QED) is 0.157. The normalized spacial score (nSPS) is 13.2. The Balaban J connectivity index is 2.52. The molecule has 3 N–H and O–H groups in total. The van der Waals surface area contributed by atoms with E-state index in [0.29, 0.717) is 32.2 Å². The summed E-state index contributed by atoms with van der Waals surface area (Å²) in [6.45, 7) is 9.91. The van der Waals surface area contributed by atoms with Crippen LogP contribution >= 0.6 is 0 Å². The molecule has 0 fully saturated rings. The number of amides is 2. The van der Waals surface area contributed by atoms with Gasteiger partial charge in [-0.15, -0.1) is 13.2 Å². The number of aliphatic hydroxyl groups is 1. The van der Waals surface area contributed by atoms with Crippen LogP contribution in [0.3, 0.4) is 0 Å². The van der Waals surface area contributed by atoms with Gasteiger partial charge < -0.3 is 25.2 Å². The third-order valence-electron chi connectivity index (χ3n) is 5.30. The Morgan fingerprint density at radius 2 is 1.83 bits per heavy atom. The number of esters is 1. The van der Waals surface area contributed by atoms with E-state index in [-0.39, 0.29) is 56.5 Å². The van der Waals surface area contributed by atoms with E-state index in [1.165, 1.54) is 0 Å². The summed E-state index contributed by atoms with van der Waals surface area (Å²) in [6.07, 6.45) is 5.65. The molecule has 0 aromatic heterocycles. The van der Waals surface area contributed by atoms with Crippen LogP contribution in [0.15, 0.2) is 55.6 Å². The fourth-order valence-corrected chi connectivity index (χ4v) is 3.46. The predicted molar refractivity (Wildman–Crippen MR) is 135 cm³/mol. The molecule has 0 aliphatic heterocycles. The molecule has 1 aromatic carbocycles. The summed E-state index contributed by atoms with van der Waals surface area (Å²) in [5.41, 5.74) is 1.06. The molecule has 0 aliphatic carbocycles. The molecule has 0 saturated carbocycles. The Bertz CT molecular complexity index is 783. The van der Waals surface area contributed by atoms with Crippen molar-refractivity contribution >= 4 is 17.8 Å². The number of rotatable bonds is 19. The third-order valence-corrected chi connectivity index (χ3v) is 5.30. The van der Waals surface area contributed by atoms with Crippen LogP contribution in [0.5, 0.6) is 0 Å². The van der Waals surface area contributed by atoms with Crippen LogP contribution < -0.4 is 10.6 Å². The molecule has 0 saturated heterocycles. The molecule has 0 bridgehead atoms.